The summed E-state index contributed by atoms with van der Waals surface area (Å²) in [6.07, 6.45) is 2.47. The van der Waals surface area contributed by atoms with E-state index in [4.69, 9.17) is 4.74 Å². The van der Waals surface area contributed by atoms with Gasteiger partial charge in [0.2, 0.25) is 0 Å². The first-order valence-corrected chi connectivity index (χ1v) is 4.93. The van der Waals surface area contributed by atoms with Crippen LogP contribution in [0.15, 0.2) is 17.5 Å². The molecule has 0 aromatic carbocycles. The van der Waals surface area contributed by atoms with Crippen LogP contribution in [0, 0.1) is 5.92 Å². The van der Waals surface area contributed by atoms with Gasteiger partial charge in [-0.2, -0.15) is 0 Å². The Bertz CT molecular complexity index is 199. The van der Waals surface area contributed by atoms with Gasteiger partial charge in [-0.1, -0.05) is 6.07 Å². The molecular formula is C9H12OS. The SMILES string of the molecule is c1csc(CC2CCOC2)c1. The lowest BCUT2D eigenvalue weighted by molar-refractivity contribution is 0.186. The Hall–Kier alpha value is -0.340. The standard InChI is InChI=1S/C9H12OS/c1-2-9(11-5-1)6-8-3-4-10-7-8/h1-2,5,8H,3-4,6-7H2. The quantitative estimate of drug-likeness (QED) is 0.658. The van der Waals surface area contributed by atoms with Crippen LogP contribution >= 0.6 is 11.3 Å². The first kappa shape index (κ1) is 7.32. The van der Waals surface area contributed by atoms with Gasteiger partial charge in [0, 0.05) is 18.1 Å². The summed E-state index contributed by atoms with van der Waals surface area (Å²) >= 11 is 1.85. The fourth-order valence-electron chi connectivity index (χ4n) is 1.46. The molecule has 0 saturated carbocycles. The third kappa shape index (κ3) is 1.82. The Labute approximate surface area is 71.0 Å². The summed E-state index contributed by atoms with van der Waals surface area (Å²) in [7, 11) is 0. The second kappa shape index (κ2) is 3.37. The molecular weight excluding hydrogens is 156 g/mol. The molecule has 1 saturated heterocycles. The summed E-state index contributed by atoms with van der Waals surface area (Å²) in [5.41, 5.74) is 0. The number of hydrogen-bond donors (Lipinski definition) is 0. The molecule has 0 N–H and O–H groups in total. The smallest absolute Gasteiger partial charge is 0.0498 e. The summed E-state index contributed by atoms with van der Waals surface area (Å²) in [6, 6.07) is 4.33. The molecule has 1 aliphatic heterocycles. The maximum Gasteiger partial charge on any atom is 0.0498 e. The van der Waals surface area contributed by atoms with E-state index < -0.39 is 0 Å². The van der Waals surface area contributed by atoms with Crippen LogP contribution in [-0.2, 0) is 11.2 Å². The molecule has 1 atom stereocenters. The van der Waals surface area contributed by atoms with Gasteiger partial charge in [0.15, 0.2) is 0 Å². The maximum atomic E-state index is 5.31. The van der Waals surface area contributed by atoms with Gasteiger partial charge < -0.3 is 4.74 Å². The highest BCUT2D eigenvalue weighted by Gasteiger charge is 2.15. The van der Waals surface area contributed by atoms with Crippen molar-refractivity contribution < 1.29 is 4.74 Å². The topological polar surface area (TPSA) is 9.23 Å². The van der Waals surface area contributed by atoms with Crippen molar-refractivity contribution in [2.24, 2.45) is 5.92 Å². The van der Waals surface area contributed by atoms with Crippen molar-refractivity contribution >= 4 is 11.3 Å². The van der Waals surface area contributed by atoms with Crippen molar-refractivity contribution in [3.8, 4) is 0 Å². The molecule has 1 aromatic rings. The highest BCUT2D eigenvalue weighted by atomic mass is 32.1. The number of rotatable bonds is 2. The van der Waals surface area contributed by atoms with Crippen LogP contribution < -0.4 is 0 Å². The number of thiophene rings is 1. The van der Waals surface area contributed by atoms with Crippen LogP contribution in [0.3, 0.4) is 0 Å². The van der Waals surface area contributed by atoms with E-state index in [0.29, 0.717) is 0 Å². The molecule has 0 bridgehead atoms. The molecule has 2 heterocycles. The zero-order valence-electron chi connectivity index (χ0n) is 6.45. The summed E-state index contributed by atoms with van der Waals surface area (Å²) < 4.78 is 5.31. The van der Waals surface area contributed by atoms with Crippen LogP contribution in [0.5, 0.6) is 0 Å². The van der Waals surface area contributed by atoms with Crippen LogP contribution in [0.2, 0.25) is 0 Å². The number of hydrogen-bond acceptors (Lipinski definition) is 2. The molecule has 2 rings (SSSR count). The molecule has 1 aliphatic rings. The van der Waals surface area contributed by atoms with Crippen molar-refractivity contribution in [3.05, 3.63) is 22.4 Å². The highest BCUT2D eigenvalue weighted by molar-refractivity contribution is 7.09. The van der Waals surface area contributed by atoms with E-state index >= 15 is 0 Å². The Morgan fingerprint density at radius 2 is 2.64 bits per heavy atom. The van der Waals surface area contributed by atoms with E-state index in [0.717, 1.165) is 19.1 Å². The second-order valence-electron chi connectivity index (χ2n) is 3.01. The molecule has 2 heteroatoms. The van der Waals surface area contributed by atoms with Gasteiger partial charge in [-0.3, -0.25) is 0 Å². The van der Waals surface area contributed by atoms with E-state index in [1.54, 1.807) is 0 Å². The highest BCUT2D eigenvalue weighted by Crippen LogP contribution is 2.20. The minimum atomic E-state index is 0.786. The summed E-state index contributed by atoms with van der Waals surface area (Å²) in [4.78, 5) is 1.50. The number of ether oxygens (including phenoxy) is 1. The molecule has 1 unspecified atom stereocenters. The second-order valence-corrected chi connectivity index (χ2v) is 4.05. The largest absolute Gasteiger partial charge is 0.381 e. The normalized spacial score (nSPS) is 24.2. The Kier molecular flexibility index (Phi) is 2.24. The molecule has 0 radical (unpaired) electrons. The molecule has 1 fully saturated rings. The van der Waals surface area contributed by atoms with Crippen molar-refractivity contribution in [1.82, 2.24) is 0 Å². The molecule has 0 aliphatic carbocycles. The van der Waals surface area contributed by atoms with Crippen molar-refractivity contribution in [3.63, 3.8) is 0 Å². The van der Waals surface area contributed by atoms with Gasteiger partial charge >= 0.3 is 0 Å². The maximum absolute atomic E-state index is 5.31. The van der Waals surface area contributed by atoms with Gasteiger partial charge in [-0.15, -0.1) is 11.3 Å². The average molecular weight is 168 g/mol. The average Bonchev–Trinajstić information content (AvgIpc) is 2.60. The van der Waals surface area contributed by atoms with Crippen molar-refractivity contribution in [2.45, 2.75) is 12.8 Å². The van der Waals surface area contributed by atoms with Crippen LogP contribution in [-0.4, -0.2) is 13.2 Å². The Morgan fingerprint density at radius 1 is 1.64 bits per heavy atom. The molecule has 11 heavy (non-hydrogen) atoms. The molecule has 0 amide bonds. The summed E-state index contributed by atoms with van der Waals surface area (Å²) in [5, 5.41) is 2.14. The molecule has 1 nitrogen and oxygen atoms in total. The van der Waals surface area contributed by atoms with Crippen LogP contribution in [0.4, 0.5) is 0 Å². The first-order valence-electron chi connectivity index (χ1n) is 4.05. The first-order chi connectivity index (χ1) is 5.45. The minimum Gasteiger partial charge on any atom is -0.381 e. The predicted octanol–water partition coefficient (Wildman–Crippen LogP) is 2.33. The Balaban J connectivity index is 1.90. The van der Waals surface area contributed by atoms with E-state index in [1.165, 1.54) is 17.7 Å². The zero-order valence-corrected chi connectivity index (χ0v) is 7.27. The van der Waals surface area contributed by atoms with E-state index in [9.17, 15) is 0 Å². The van der Waals surface area contributed by atoms with Crippen molar-refractivity contribution in [1.29, 1.82) is 0 Å². The van der Waals surface area contributed by atoms with Gasteiger partial charge in [0.1, 0.15) is 0 Å². The fourth-order valence-corrected chi connectivity index (χ4v) is 2.28. The predicted molar refractivity (Wildman–Crippen MR) is 46.9 cm³/mol. The molecule has 1 aromatic heterocycles. The van der Waals surface area contributed by atoms with Crippen LogP contribution in [0.25, 0.3) is 0 Å². The van der Waals surface area contributed by atoms with Crippen LogP contribution in [0.1, 0.15) is 11.3 Å². The third-order valence-corrected chi connectivity index (χ3v) is 2.99. The summed E-state index contributed by atoms with van der Waals surface area (Å²) in [6.45, 7) is 1.94. The molecule has 0 spiro atoms. The Morgan fingerprint density at radius 3 is 3.27 bits per heavy atom. The van der Waals surface area contributed by atoms with E-state index in [-0.39, 0.29) is 0 Å². The lowest BCUT2D eigenvalue weighted by Crippen LogP contribution is -2.01. The van der Waals surface area contributed by atoms with E-state index in [2.05, 4.69) is 17.5 Å². The lowest BCUT2D eigenvalue weighted by Gasteiger charge is -2.03. The minimum absolute atomic E-state index is 0.786. The van der Waals surface area contributed by atoms with Gasteiger partial charge in [-0.25, -0.2) is 0 Å². The molecule has 60 valence electrons. The summed E-state index contributed by atoms with van der Waals surface area (Å²) in [5.74, 6) is 0.786. The zero-order chi connectivity index (χ0) is 7.52. The van der Waals surface area contributed by atoms with Gasteiger partial charge in [0.25, 0.3) is 0 Å². The van der Waals surface area contributed by atoms with Crippen molar-refractivity contribution in [2.75, 3.05) is 13.2 Å². The lowest BCUT2D eigenvalue weighted by atomic mass is 10.0. The fraction of sp³-hybridized carbons (Fsp3) is 0.556. The van der Waals surface area contributed by atoms with Gasteiger partial charge in [0.05, 0.1) is 0 Å². The van der Waals surface area contributed by atoms with E-state index in [1.807, 2.05) is 11.3 Å². The monoisotopic (exact) mass is 168 g/mol. The third-order valence-electron chi connectivity index (χ3n) is 2.09. The van der Waals surface area contributed by atoms with Gasteiger partial charge in [-0.05, 0) is 30.2 Å².